The van der Waals surface area contributed by atoms with Gasteiger partial charge in [-0.3, -0.25) is 0 Å². The molecule has 18 heavy (non-hydrogen) atoms. The van der Waals surface area contributed by atoms with Crippen LogP contribution >= 0.6 is 0 Å². The van der Waals surface area contributed by atoms with Crippen molar-refractivity contribution < 1.29 is 4.79 Å². The molecule has 1 saturated heterocycles. The van der Waals surface area contributed by atoms with E-state index in [0.29, 0.717) is 12.0 Å². The number of urea groups is 1. The predicted molar refractivity (Wildman–Crippen MR) is 74.4 cm³/mol. The van der Waals surface area contributed by atoms with Crippen LogP contribution in [-0.4, -0.2) is 41.5 Å². The Hall–Kier alpha value is -0.990. The normalized spacial score (nSPS) is 27.3. The molecule has 102 valence electrons. The number of hydrogen-bond donors (Lipinski definition) is 0. The maximum absolute atomic E-state index is 12.4. The lowest BCUT2D eigenvalue weighted by molar-refractivity contribution is 0.148. The molecule has 0 bridgehead atoms. The van der Waals surface area contributed by atoms with Crippen LogP contribution in [0.2, 0.25) is 0 Å². The number of likely N-dealkylation sites (N-methyl/N-ethyl adjacent to an activating group) is 1. The Labute approximate surface area is 111 Å². The summed E-state index contributed by atoms with van der Waals surface area (Å²) in [6, 6.07) is 0.709. The van der Waals surface area contributed by atoms with Gasteiger partial charge in [-0.05, 0) is 24.2 Å². The van der Waals surface area contributed by atoms with E-state index < -0.39 is 0 Å². The van der Waals surface area contributed by atoms with E-state index in [4.69, 9.17) is 0 Å². The summed E-state index contributed by atoms with van der Waals surface area (Å²) in [6.07, 6.45) is 5.75. The molecule has 1 aliphatic heterocycles. The average molecular weight is 250 g/mol. The van der Waals surface area contributed by atoms with Gasteiger partial charge in [0, 0.05) is 13.6 Å². The fraction of sp³-hybridized carbons (Fsp3) is 0.800. The fourth-order valence-corrected chi connectivity index (χ4v) is 3.18. The van der Waals surface area contributed by atoms with Crippen molar-refractivity contribution in [3.05, 3.63) is 12.7 Å². The van der Waals surface area contributed by atoms with Crippen LogP contribution < -0.4 is 0 Å². The number of nitrogens with zero attached hydrogens (tertiary/aromatic N) is 2. The Morgan fingerprint density at radius 1 is 1.39 bits per heavy atom. The highest BCUT2D eigenvalue weighted by Gasteiger charge is 2.45. The molecular weight excluding hydrogens is 224 g/mol. The van der Waals surface area contributed by atoms with Gasteiger partial charge in [0.1, 0.15) is 0 Å². The highest BCUT2D eigenvalue weighted by Crippen LogP contribution is 2.37. The maximum Gasteiger partial charge on any atom is 0.320 e. The lowest BCUT2D eigenvalue weighted by Crippen LogP contribution is -2.43. The number of rotatable bonds is 3. The zero-order valence-electron chi connectivity index (χ0n) is 12.1. The Balaban J connectivity index is 2.14. The largest absolute Gasteiger partial charge is 0.322 e. The lowest BCUT2D eigenvalue weighted by Gasteiger charge is -2.37. The summed E-state index contributed by atoms with van der Waals surface area (Å²) in [6.45, 7) is 11.4. The van der Waals surface area contributed by atoms with Crippen LogP contribution in [-0.2, 0) is 0 Å². The molecule has 3 heteroatoms. The van der Waals surface area contributed by atoms with Crippen LogP contribution in [0.5, 0.6) is 0 Å². The summed E-state index contributed by atoms with van der Waals surface area (Å²) < 4.78 is 0. The van der Waals surface area contributed by atoms with E-state index in [0.717, 1.165) is 6.54 Å². The van der Waals surface area contributed by atoms with Crippen LogP contribution in [0.4, 0.5) is 4.79 Å². The summed E-state index contributed by atoms with van der Waals surface area (Å²) in [5, 5.41) is 0. The Kier molecular flexibility index (Phi) is 3.43. The molecular formula is C15H26N2O. The van der Waals surface area contributed by atoms with Crippen molar-refractivity contribution in [2.24, 2.45) is 11.3 Å². The van der Waals surface area contributed by atoms with Crippen molar-refractivity contribution in [2.75, 3.05) is 13.6 Å². The molecule has 0 spiro atoms. The summed E-state index contributed by atoms with van der Waals surface area (Å²) in [4.78, 5) is 16.4. The van der Waals surface area contributed by atoms with E-state index >= 15 is 0 Å². The average Bonchev–Trinajstić information content (AvgIpc) is 2.49. The van der Waals surface area contributed by atoms with E-state index in [2.05, 4.69) is 27.4 Å². The molecule has 1 aliphatic carbocycles. The van der Waals surface area contributed by atoms with E-state index in [1.165, 1.54) is 19.3 Å². The zero-order valence-corrected chi connectivity index (χ0v) is 12.1. The quantitative estimate of drug-likeness (QED) is 0.706. The smallest absolute Gasteiger partial charge is 0.320 e. The van der Waals surface area contributed by atoms with Gasteiger partial charge in [-0.25, -0.2) is 4.79 Å². The van der Waals surface area contributed by atoms with Crippen LogP contribution in [0, 0.1) is 11.3 Å². The number of amides is 2. The first-order valence-corrected chi connectivity index (χ1v) is 7.02. The molecule has 0 aromatic carbocycles. The fourth-order valence-electron chi connectivity index (χ4n) is 3.18. The molecule has 2 rings (SSSR count). The first-order valence-electron chi connectivity index (χ1n) is 7.02. The number of carbonyl (C=O) groups is 1. The molecule has 2 amide bonds. The van der Waals surface area contributed by atoms with Crippen molar-refractivity contribution >= 4 is 6.03 Å². The summed E-state index contributed by atoms with van der Waals surface area (Å²) >= 11 is 0. The first kappa shape index (κ1) is 13.4. The van der Waals surface area contributed by atoms with E-state index in [1.807, 2.05) is 22.9 Å². The molecule has 2 atom stereocenters. The van der Waals surface area contributed by atoms with Gasteiger partial charge in [0.25, 0.3) is 0 Å². The molecule has 1 heterocycles. The van der Waals surface area contributed by atoms with Crippen LogP contribution in [0.3, 0.4) is 0 Å². The first-order chi connectivity index (χ1) is 8.36. The van der Waals surface area contributed by atoms with Crippen LogP contribution in [0.1, 0.15) is 40.0 Å². The van der Waals surface area contributed by atoms with Crippen molar-refractivity contribution in [3.8, 4) is 0 Å². The summed E-state index contributed by atoms with van der Waals surface area (Å²) in [7, 11) is 1.93. The minimum Gasteiger partial charge on any atom is -0.322 e. The zero-order chi connectivity index (χ0) is 13.5. The third-order valence-electron chi connectivity index (χ3n) is 4.62. The van der Waals surface area contributed by atoms with Gasteiger partial charge in [-0.1, -0.05) is 33.3 Å². The molecule has 1 unspecified atom stereocenters. The molecule has 3 nitrogen and oxygen atoms in total. The molecule has 0 aromatic rings. The molecule has 2 aliphatic rings. The Morgan fingerprint density at radius 2 is 2.00 bits per heavy atom. The third kappa shape index (κ3) is 2.15. The van der Waals surface area contributed by atoms with Crippen molar-refractivity contribution in [3.63, 3.8) is 0 Å². The maximum atomic E-state index is 12.4. The molecule has 1 saturated carbocycles. The molecule has 0 aromatic heterocycles. The number of hydrogen-bond acceptors (Lipinski definition) is 1. The standard InChI is InChI=1S/C15H26N2O/c1-6-12(11-8-7-9-11)17-10-13(15(2,3)4)16(5)14(17)18/h6,11-13H,1,7-10H2,2-5H3/t12?,13-/m1/s1. The number of carbonyl (C=O) groups excluding carboxylic acids is 1. The van der Waals surface area contributed by atoms with E-state index in [-0.39, 0.29) is 17.5 Å². The SMILES string of the molecule is C=CC(C1CCC1)N1C[C@H](C(C)(C)C)N(C)C1=O. The van der Waals surface area contributed by atoms with Crippen LogP contribution in [0.15, 0.2) is 12.7 Å². The van der Waals surface area contributed by atoms with Gasteiger partial charge in [0.05, 0.1) is 12.1 Å². The Bertz CT molecular complexity index is 341. The monoisotopic (exact) mass is 250 g/mol. The molecule has 2 fully saturated rings. The Morgan fingerprint density at radius 3 is 2.33 bits per heavy atom. The van der Waals surface area contributed by atoms with Gasteiger partial charge >= 0.3 is 6.03 Å². The second kappa shape index (κ2) is 4.60. The van der Waals surface area contributed by atoms with Crippen LogP contribution in [0.25, 0.3) is 0 Å². The molecule has 0 radical (unpaired) electrons. The highest BCUT2D eigenvalue weighted by molar-refractivity contribution is 5.77. The summed E-state index contributed by atoms with van der Waals surface area (Å²) in [5.41, 5.74) is 0.129. The van der Waals surface area contributed by atoms with Crippen molar-refractivity contribution in [1.29, 1.82) is 0 Å². The third-order valence-corrected chi connectivity index (χ3v) is 4.62. The molecule has 0 N–H and O–H groups in total. The van der Waals surface area contributed by atoms with E-state index in [1.54, 1.807) is 0 Å². The van der Waals surface area contributed by atoms with Gasteiger partial charge in [0.15, 0.2) is 0 Å². The van der Waals surface area contributed by atoms with Crippen molar-refractivity contribution in [1.82, 2.24) is 9.80 Å². The predicted octanol–water partition coefficient (Wildman–Crippen LogP) is 3.12. The van der Waals surface area contributed by atoms with Crippen molar-refractivity contribution in [2.45, 2.75) is 52.1 Å². The minimum absolute atomic E-state index is 0.129. The second-order valence-corrected chi connectivity index (χ2v) is 6.84. The van der Waals surface area contributed by atoms with Gasteiger partial charge in [-0.2, -0.15) is 0 Å². The topological polar surface area (TPSA) is 23.6 Å². The minimum atomic E-state index is 0.129. The van der Waals surface area contributed by atoms with E-state index in [9.17, 15) is 4.79 Å². The summed E-state index contributed by atoms with van der Waals surface area (Å²) in [5.74, 6) is 0.638. The lowest BCUT2D eigenvalue weighted by atomic mass is 9.79. The highest BCUT2D eigenvalue weighted by atomic mass is 16.2. The second-order valence-electron chi connectivity index (χ2n) is 6.84. The van der Waals surface area contributed by atoms with Gasteiger partial charge in [0.2, 0.25) is 0 Å². The van der Waals surface area contributed by atoms with Gasteiger partial charge < -0.3 is 9.80 Å². The van der Waals surface area contributed by atoms with Gasteiger partial charge in [-0.15, -0.1) is 6.58 Å².